The highest BCUT2D eigenvalue weighted by Gasteiger charge is 1.96. The summed E-state index contributed by atoms with van der Waals surface area (Å²) in [6, 6.07) is 8.13. The minimum atomic E-state index is 0.0588. The van der Waals surface area contributed by atoms with E-state index in [2.05, 4.69) is 12.1 Å². The van der Waals surface area contributed by atoms with Crippen LogP contribution in [-0.4, -0.2) is 32.0 Å². The Morgan fingerprint density at radius 3 is 2.33 bits per heavy atom. The van der Waals surface area contributed by atoms with Gasteiger partial charge in [0.1, 0.15) is 12.4 Å². The Labute approximate surface area is 110 Å². The van der Waals surface area contributed by atoms with Gasteiger partial charge in [0.25, 0.3) is 0 Å². The van der Waals surface area contributed by atoms with Crippen LogP contribution in [0.15, 0.2) is 24.3 Å². The lowest BCUT2D eigenvalue weighted by Gasteiger charge is -2.06. The van der Waals surface area contributed by atoms with Crippen molar-refractivity contribution in [1.82, 2.24) is 0 Å². The largest absolute Gasteiger partial charge is 0.491 e. The zero-order valence-electron chi connectivity index (χ0n) is 11.2. The third-order valence-corrected chi connectivity index (χ3v) is 2.85. The van der Waals surface area contributed by atoms with E-state index in [9.17, 15) is 0 Å². The second-order valence-corrected chi connectivity index (χ2v) is 4.37. The van der Waals surface area contributed by atoms with E-state index in [1.165, 1.54) is 24.8 Å². The molecule has 1 aromatic carbocycles. The molecule has 0 aliphatic heterocycles. The molecule has 1 N–H and O–H groups in total. The average molecular weight is 252 g/mol. The number of ether oxygens (including phenoxy) is 2. The summed E-state index contributed by atoms with van der Waals surface area (Å²) in [6.07, 6.45) is 6.00. The van der Waals surface area contributed by atoms with Crippen molar-refractivity contribution in [3.63, 3.8) is 0 Å². The smallest absolute Gasteiger partial charge is 0.119 e. The second-order valence-electron chi connectivity index (χ2n) is 4.37. The van der Waals surface area contributed by atoms with Crippen LogP contribution in [0.3, 0.4) is 0 Å². The van der Waals surface area contributed by atoms with Gasteiger partial charge in [-0.15, -0.1) is 0 Å². The molecule has 18 heavy (non-hydrogen) atoms. The van der Waals surface area contributed by atoms with E-state index in [0.717, 1.165) is 25.2 Å². The number of hydrogen-bond donors (Lipinski definition) is 1. The number of aryl methyl sites for hydroxylation is 1. The molecule has 1 rings (SSSR count). The van der Waals surface area contributed by atoms with Gasteiger partial charge in [-0.2, -0.15) is 0 Å². The summed E-state index contributed by atoms with van der Waals surface area (Å²) in [5.74, 6) is 0.827. The molecule has 0 aliphatic carbocycles. The van der Waals surface area contributed by atoms with Crippen LogP contribution in [0, 0.1) is 0 Å². The third kappa shape index (κ3) is 6.62. The fraction of sp³-hybridized carbons (Fsp3) is 0.600. The molecule has 0 radical (unpaired) electrons. The molecule has 3 heteroatoms. The van der Waals surface area contributed by atoms with Gasteiger partial charge in [-0.05, 0) is 37.0 Å². The Bertz CT molecular complexity index is 295. The molecule has 1 aromatic rings. The first kappa shape index (κ1) is 15.0. The molecule has 0 amide bonds. The van der Waals surface area contributed by atoms with E-state index in [1.54, 1.807) is 7.11 Å². The van der Waals surface area contributed by atoms with Gasteiger partial charge in [0, 0.05) is 13.7 Å². The van der Waals surface area contributed by atoms with Gasteiger partial charge in [0.2, 0.25) is 0 Å². The van der Waals surface area contributed by atoms with Crippen molar-refractivity contribution in [3.8, 4) is 5.75 Å². The first-order valence-electron chi connectivity index (χ1n) is 6.68. The minimum absolute atomic E-state index is 0.0588. The zero-order chi connectivity index (χ0) is 13.1. The van der Waals surface area contributed by atoms with Crippen molar-refractivity contribution in [1.29, 1.82) is 0 Å². The number of hydrogen-bond acceptors (Lipinski definition) is 3. The molecule has 0 aliphatic rings. The summed E-state index contributed by atoms with van der Waals surface area (Å²) in [5.41, 5.74) is 1.35. The summed E-state index contributed by atoms with van der Waals surface area (Å²) < 4.78 is 10.3. The zero-order valence-corrected chi connectivity index (χ0v) is 11.2. The number of unbranched alkanes of at least 4 members (excludes halogenated alkanes) is 3. The Morgan fingerprint density at radius 2 is 1.67 bits per heavy atom. The molecule has 102 valence electrons. The number of methoxy groups -OCH3 is 1. The lowest BCUT2D eigenvalue weighted by Crippen LogP contribution is -2.01. The first-order chi connectivity index (χ1) is 8.86. The quantitative estimate of drug-likeness (QED) is 0.651. The van der Waals surface area contributed by atoms with Crippen LogP contribution in [0.25, 0.3) is 0 Å². The van der Waals surface area contributed by atoms with E-state index in [1.807, 2.05) is 12.1 Å². The predicted octanol–water partition coefficient (Wildman–Crippen LogP) is 2.81. The SMILES string of the molecule is COCCCCCCc1ccc(OCCO)cc1. The van der Waals surface area contributed by atoms with Crippen LogP contribution in [-0.2, 0) is 11.2 Å². The summed E-state index contributed by atoms with van der Waals surface area (Å²) in [5, 5.41) is 8.65. The lowest BCUT2D eigenvalue weighted by molar-refractivity contribution is 0.192. The number of rotatable bonds is 10. The van der Waals surface area contributed by atoms with E-state index in [-0.39, 0.29) is 6.61 Å². The van der Waals surface area contributed by atoms with Gasteiger partial charge < -0.3 is 14.6 Å². The van der Waals surface area contributed by atoms with Gasteiger partial charge in [0.05, 0.1) is 6.61 Å². The maximum Gasteiger partial charge on any atom is 0.119 e. The monoisotopic (exact) mass is 252 g/mol. The molecule has 0 unspecified atom stereocenters. The van der Waals surface area contributed by atoms with Gasteiger partial charge in [0.15, 0.2) is 0 Å². The lowest BCUT2D eigenvalue weighted by atomic mass is 10.1. The molecule has 0 spiro atoms. The fourth-order valence-corrected chi connectivity index (χ4v) is 1.84. The standard InChI is InChI=1S/C15H24O3/c1-17-12-5-3-2-4-6-14-7-9-15(10-8-14)18-13-11-16/h7-10,16H,2-6,11-13H2,1H3. The van der Waals surface area contributed by atoms with Crippen LogP contribution in [0.1, 0.15) is 31.2 Å². The highest BCUT2D eigenvalue weighted by molar-refractivity contribution is 5.27. The topological polar surface area (TPSA) is 38.7 Å². The van der Waals surface area contributed by atoms with Crippen molar-refractivity contribution in [2.45, 2.75) is 32.1 Å². The molecule has 0 heterocycles. The Balaban J connectivity index is 2.14. The van der Waals surface area contributed by atoms with Crippen LogP contribution >= 0.6 is 0 Å². The van der Waals surface area contributed by atoms with Crippen LogP contribution in [0.5, 0.6) is 5.75 Å². The summed E-state index contributed by atoms with van der Waals surface area (Å²) in [7, 11) is 1.75. The maximum absolute atomic E-state index is 8.65. The average Bonchev–Trinajstić information content (AvgIpc) is 2.42. The Hall–Kier alpha value is -1.06. The normalized spacial score (nSPS) is 10.6. The summed E-state index contributed by atoms with van der Waals surface area (Å²) in [6.45, 7) is 1.29. The first-order valence-corrected chi connectivity index (χ1v) is 6.68. The molecular formula is C15H24O3. The molecule has 0 fully saturated rings. The van der Waals surface area contributed by atoms with Crippen molar-refractivity contribution in [3.05, 3.63) is 29.8 Å². The summed E-state index contributed by atoms with van der Waals surface area (Å²) >= 11 is 0. The predicted molar refractivity (Wildman–Crippen MR) is 73.1 cm³/mol. The molecule has 0 aromatic heterocycles. The van der Waals surface area contributed by atoms with Crippen molar-refractivity contribution >= 4 is 0 Å². The van der Waals surface area contributed by atoms with Crippen LogP contribution < -0.4 is 4.74 Å². The summed E-state index contributed by atoms with van der Waals surface area (Å²) in [4.78, 5) is 0. The maximum atomic E-state index is 8.65. The van der Waals surface area contributed by atoms with Gasteiger partial charge >= 0.3 is 0 Å². The second kappa shape index (κ2) is 9.92. The third-order valence-electron chi connectivity index (χ3n) is 2.85. The van der Waals surface area contributed by atoms with Gasteiger partial charge in [-0.3, -0.25) is 0 Å². The van der Waals surface area contributed by atoms with Crippen molar-refractivity contribution < 1.29 is 14.6 Å². The Morgan fingerprint density at radius 1 is 0.944 bits per heavy atom. The molecule has 3 nitrogen and oxygen atoms in total. The van der Waals surface area contributed by atoms with Crippen LogP contribution in [0.4, 0.5) is 0 Å². The van der Waals surface area contributed by atoms with Crippen LogP contribution in [0.2, 0.25) is 0 Å². The van der Waals surface area contributed by atoms with Gasteiger partial charge in [-0.1, -0.05) is 25.0 Å². The Kier molecular flexibility index (Phi) is 8.26. The molecule has 0 saturated heterocycles. The highest BCUT2D eigenvalue weighted by Crippen LogP contribution is 2.14. The number of aliphatic hydroxyl groups excluding tert-OH is 1. The molecule has 0 saturated carbocycles. The molecule has 0 bridgehead atoms. The van der Waals surface area contributed by atoms with E-state index < -0.39 is 0 Å². The van der Waals surface area contributed by atoms with E-state index in [0.29, 0.717) is 6.61 Å². The molecular weight excluding hydrogens is 228 g/mol. The fourth-order valence-electron chi connectivity index (χ4n) is 1.84. The van der Waals surface area contributed by atoms with E-state index in [4.69, 9.17) is 14.6 Å². The van der Waals surface area contributed by atoms with Crippen molar-refractivity contribution in [2.24, 2.45) is 0 Å². The number of benzene rings is 1. The van der Waals surface area contributed by atoms with E-state index >= 15 is 0 Å². The highest BCUT2D eigenvalue weighted by atomic mass is 16.5. The van der Waals surface area contributed by atoms with Gasteiger partial charge in [-0.25, -0.2) is 0 Å². The van der Waals surface area contributed by atoms with Crippen molar-refractivity contribution in [2.75, 3.05) is 26.9 Å². The molecule has 0 atom stereocenters. The number of aliphatic hydroxyl groups is 1. The minimum Gasteiger partial charge on any atom is -0.491 e.